The highest BCUT2D eigenvalue weighted by molar-refractivity contribution is 9.10. The molecule has 3 N–H and O–H groups in total. The lowest BCUT2D eigenvalue weighted by atomic mass is 10.2. The molecule has 19 heavy (non-hydrogen) atoms. The summed E-state index contributed by atoms with van der Waals surface area (Å²) in [5.74, 6) is 6.37. The van der Waals surface area contributed by atoms with E-state index in [4.69, 9.17) is 10.8 Å². The fourth-order valence-electron chi connectivity index (χ4n) is 2.44. The van der Waals surface area contributed by atoms with Crippen molar-refractivity contribution in [3.63, 3.8) is 0 Å². The predicted molar refractivity (Wildman–Crippen MR) is 82.6 cm³/mol. The molecule has 0 spiro atoms. The van der Waals surface area contributed by atoms with Crippen LogP contribution in [0.15, 0.2) is 33.7 Å². The number of aliphatic imine (C=N–C) groups is 1. The van der Waals surface area contributed by atoms with E-state index in [1.807, 2.05) is 19.2 Å². The first-order valence-electron chi connectivity index (χ1n) is 6.69. The van der Waals surface area contributed by atoms with Gasteiger partial charge in [-0.2, -0.15) is 0 Å². The van der Waals surface area contributed by atoms with E-state index in [1.54, 1.807) is 0 Å². The standard InChI is InChI=1S/C14H21BrN4/c1-19(10-11-5-4-6-12(15)9-11)14(18-16)17-13-7-2-3-8-13/h4-6,9,13H,2-3,7-8,10,16H2,1H3,(H,17,18). The molecule has 1 saturated carbocycles. The van der Waals surface area contributed by atoms with Gasteiger partial charge in [0, 0.05) is 18.1 Å². The third kappa shape index (κ3) is 4.21. The molecule has 0 saturated heterocycles. The van der Waals surface area contributed by atoms with Crippen LogP contribution in [0.2, 0.25) is 0 Å². The van der Waals surface area contributed by atoms with Crippen LogP contribution in [0.3, 0.4) is 0 Å². The van der Waals surface area contributed by atoms with E-state index in [1.165, 1.54) is 31.2 Å². The molecule has 0 aromatic heterocycles. The number of guanidine groups is 1. The number of hydrogen-bond acceptors (Lipinski definition) is 2. The molecular formula is C14H21BrN4. The number of nitrogens with zero attached hydrogens (tertiary/aromatic N) is 2. The van der Waals surface area contributed by atoms with Gasteiger partial charge in [0.1, 0.15) is 0 Å². The van der Waals surface area contributed by atoms with Crippen molar-refractivity contribution in [1.82, 2.24) is 10.3 Å². The lowest BCUT2D eigenvalue weighted by molar-refractivity contribution is 0.471. The molecule has 0 aliphatic heterocycles. The third-order valence-corrected chi connectivity index (χ3v) is 3.92. The average Bonchev–Trinajstić information content (AvgIpc) is 2.88. The first-order valence-corrected chi connectivity index (χ1v) is 7.48. The summed E-state index contributed by atoms with van der Waals surface area (Å²) in [6.07, 6.45) is 4.91. The van der Waals surface area contributed by atoms with E-state index >= 15 is 0 Å². The van der Waals surface area contributed by atoms with Crippen molar-refractivity contribution in [3.8, 4) is 0 Å². The quantitative estimate of drug-likeness (QED) is 0.389. The van der Waals surface area contributed by atoms with E-state index in [-0.39, 0.29) is 0 Å². The van der Waals surface area contributed by atoms with Gasteiger partial charge in [-0.1, -0.05) is 40.9 Å². The maximum Gasteiger partial charge on any atom is 0.208 e. The van der Waals surface area contributed by atoms with Crippen molar-refractivity contribution >= 4 is 21.9 Å². The Bertz CT molecular complexity index is 441. The van der Waals surface area contributed by atoms with Crippen LogP contribution < -0.4 is 11.3 Å². The van der Waals surface area contributed by atoms with Gasteiger partial charge in [0.15, 0.2) is 0 Å². The molecule has 1 aliphatic rings. The molecule has 0 amide bonds. The van der Waals surface area contributed by atoms with Crippen LogP contribution in [-0.2, 0) is 6.54 Å². The number of nitrogens with two attached hydrogens (primary N) is 1. The van der Waals surface area contributed by atoms with Crippen molar-refractivity contribution in [1.29, 1.82) is 0 Å². The molecule has 5 heteroatoms. The number of benzene rings is 1. The van der Waals surface area contributed by atoms with Gasteiger partial charge in [0.2, 0.25) is 5.96 Å². The first kappa shape index (κ1) is 14.3. The second-order valence-corrected chi connectivity index (χ2v) is 5.94. The van der Waals surface area contributed by atoms with E-state index in [2.05, 4.69) is 38.4 Å². The Balaban J connectivity index is 2.01. The van der Waals surface area contributed by atoms with E-state index in [0.29, 0.717) is 6.04 Å². The van der Waals surface area contributed by atoms with Crippen LogP contribution in [0, 0.1) is 0 Å². The molecule has 1 aliphatic carbocycles. The predicted octanol–water partition coefficient (Wildman–Crippen LogP) is 2.64. The molecule has 1 aromatic rings. The Morgan fingerprint density at radius 1 is 1.47 bits per heavy atom. The molecular weight excluding hydrogens is 304 g/mol. The lowest BCUT2D eigenvalue weighted by Gasteiger charge is -2.22. The second-order valence-electron chi connectivity index (χ2n) is 5.02. The minimum absolute atomic E-state index is 0.427. The zero-order valence-corrected chi connectivity index (χ0v) is 12.9. The molecule has 104 valence electrons. The smallest absolute Gasteiger partial charge is 0.208 e. The molecule has 0 unspecified atom stereocenters. The van der Waals surface area contributed by atoms with E-state index < -0.39 is 0 Å². The van der Waals surface area contributed by atoms with Crippen molar-refractivity contribution in [2.45, 2.75) is 38.3 Å². The first-order chi connectivity index (χ1) is 9.19. The van der Waals surface area contributed by atoms with Crippen molar-refractivity contribution in [3.05, 3.63) is 34.3 Å². The number of hydrazine groups is 1. The van der Waals surface area contributed by atoms with Crippen LogP contribution in [0.4, 0.5) is 0 Å². The van der Waals surface area contributed by atoms with Crippen LogP contribution >= 0.6 is 15.9 Å². The number of nitrogens with one attached hydrogen (secondary N) is 1. The molecule has 0 atom stereocenters. The summed E-state index contributed by atoms with van der Waals surface area (Å²) in [6.45, 7) is 0.787. The zero-order chi connectivity index (χ0) is 13.7. The summed E-state index contributed by atoms with van der Waals surface area (Å²) in [7, 11) is 2.01. The number of hydrogen-bond donors (Lipinski definition) is 2. The van der Waals surface area contributed by atoms with Gasteiger partial charge in [-0.25, -0.2) is 10.8 Å². The fraction of sp³-hybridized carbons (Fsp3) is 0.500. The van der Waals surface area contributed by atoms with Crippen LogP contribution in [0.1, 0.15) is 31.2 Å². The number of halogens is 1. The van der Waals surface area contributed by atoms with Crippen molar-refractivity contribution in [2.75, 3.05) is 7.05 Å². The maximum atomic E-state index is 5.60. The van der Waals surface area contributed by atoms with E-state index in [0.717, 1.165) is 17.0 Å². The highest BCUT2D eigenvalue weighted by atomic mass is 79.9. The zero-order valence-electron chi connectivity index (χ0n) is 11.3. The molecule has 1 aromatic carbocycles. The minimum Gasteiger partial charge on any atom is -0.341 e. The largest absolute Gasteiger partial charge is 0.341 e. The van der Waals surface area contributed by atoms with E-state index in [9.17, 15) is 0 Å². The van der Waals surface area contributed by atoms with Crippen LogP contribution in [-0.4, -0.2) is 23.9 Å². The Morgan fingerprint density at radius 2 is 2.21 bits per heavy atom. The molecule has 0 heterocycles. The molecule has 0 bridgehead atoms. The molecule has 2 rings (SSSR count). The topological polar surface area (TPSA) is 53.6 Å². The summed E-state index contributed by atoms with van der Waals surface area (Å²) in [4.78, 5) is 6.76. The van der Waals surface area contributed by atoms with Gasteiger partial charge >= 0.3 is 0 Å². The normalized spacial score (nSPS) is 16.7. The highest BCUT2D eigenvalue weighted by Crippen LogP contribution is 2.21. The van der Waals surface area contributed by atoms with Crippen LogP contribution in [0.25, 0.3) is 0 Å². The maximum absolute atomic E-state index is 5.60. The number of rotatable bonds is 3. The molecule has 0 radical (unpaired) electrons. The minimum atomic E-state index is 0.427. The third-order valence-electron chi connectivity index (χ3n) is 3.43. The van der Waals surface area contributed by atoms with Gasteiger partial charge in [-0.15, -0.1) is 0 Å². The fourth-order valence-corrected chi connectivity index (χ4v) is 2.88. The van der Waals surface area contributed by atoms with Gasteiger partial charge in [-0.3, -0.25) is 5.43 Å². The summed E-state index contributed by atoms with van der Waals surface area (Å²) in [6, 6.07) is 8.70. The van der Waals surface area contributed by atoms with Gasteiger partial charge in [0.25, 0.3) is 0 Å². The van der Waals surface area contributed by atoms with Crippen molar-refractivity contribution in [2.24, 2.45) is 10.8 Å². The van der Waals surface area contributed by atoms with Gasteiger partial charge in [-0.05, 0) is 30.5 Å². The highest BCUT2D eigenvalue weighted by Gasteiger charge is 2.16. The Morgan fingerprint density at radius 3 is 2.84 bits per heavy atom. The lowest BCUT2D eigenvalue weighted by Crippen LogP contribution is -2.43. The Hall–Kier alpha value is -1.07. The summed E-state index contributed by atoms with van der Waals surface area (Å²) >= 11 is 3.49. The SMILES string of the molecule is CN(Cc1cccc(Br)c1)C(=NC1CCCC1)NN. The van der Waals surface area contributed by atoms with Gasteiger partial charge in [0.05, 0.1) is 6.04 Å². The molecule has 1 fully saturated rings. The van der Waals surface area contributed by atoms with Crippen molar-refractivity contribution < 1.29 is 0 Å². The summed E-state index contributed by atoms with van der Waals surface area (Å²) < 4.78 is 1.09. The Labute approximate surface area is 123 Å². The second kappa shape index (κ2) is 6.91. The monoisotopic (exact) mass is 324 g/mol. The molecule has 4 nitrogen and oxygen atoms in total. The summed E-state index contributed by atoms with van der Waals surface area (Å²) in [5.41, 5.74) is 3.96. The average molecular weight is 325 g/mol. The Kier molecular flexibility index (Phi) is 5.22. The summed E-state index contributed by atoms with van der Waals surface area (Å²) in [5, 5.41) is 0. The van der Waals surface area contributed by atoms with Crippen LogP contribution in [0.5, 0.6) is 0 Å². The van der Waals surface area contributed by atoms with Gasteiger partial charge < -0.3 is 4.90 Å².